The van der Waals surface area contributed by atoms with Gasteiger partial charge in [-0.25, -0.2) is 0 Å². The summed E-state index contributed by atoms with van der Waals surface area (Å²) in [5.41, 5.74) is 0.714. The molecule has 0 spiro atoms. The highest BCUT2D eigenvalue weighted by atomic mass is 79.9. The quantitative estimate of drug-likeness (QED) is 0.890. The van der Waals surface area contributed by atoms with E-state index >= 15 is 0 Å². The molecule has 0 radical (unpaired) electrons. The summed E-state index contributed by atoms with van der Waals surface area (Å²) in [6.45, 7) is 2.24. The number of hydrogen-bond acceptors (Lipinski definition) is 1. The zero-order valence-electron chi connectivity index (χ0n) is 9.66. The van der Waals surface area contributed by atoms with E-state index in [9.17, 15) is 4.79 Å². The minimum atomic E-state index is 0.0345. The molecule has 2 rings (SSSR count). The van der Waals surface area contributed by atoms with E-state index in [0.717, 1.165) is 23.2 Å². The van der Waals surface area contributed by atoms with Crippen LogP contribution in [0.15, 0.2) is 16.7 Å². The summed E-state index contributed by atoms with van der Waals surface area (Å²) in [4.78, 5) is 12.0. The Balaban J connectivity index is 2.00. The number of hydrogen-bond donors (Lipinski definition) is 1. The molecule has 1 fully saturated rings. The lowest BCUT2D eigenvalue weighted by Crippen LogP contribution is -2.33. The molecule has 1 aliphatic rings. The maximum atomic E-state index is 12.0. The van der Waals surface area contributed by atoms with Crippen LogP contribution >= 0.6 is 15.9 Å². The van der Waals surface area contributed by atoms with Gasteiger partial charge in [0.15, 0.2) is 0 Å². The fourth-order valence-electron chi connectivity index (χ4n) is 2.35. The molecule has 16 heavy (non-hydrogen) atoms. The van der Waals surface area contributed by atoms with Gasteiger partial charge in [0.25, 0.3) is 5.91 Å². The molecule has 0 aromatic carbocycles. The Morgan fingerprint density at radius 3 is 2.81 bits per heavy atom. The first-order valence-electron chi connectivity index (χ1n) is 5.69. The van der Waals surface area contributed by atoms with Crippen molar-refractivity contribution in [1.29, 1.82) is 0 Å². The van der Waals surface area contributed by atoms with Gasteiger partial charge in [0.1, 0.15) is 5.69 Å². The molecular formula is C12H17BrN2O. The summed E-state index contributed by atoms with van der Waals surface area (Å²) in [5.74, 6) is 0.776. The van der Waals surface area contributed by atoms with Crippen molar-refractivity contribution in [2.45, 2.75) is 32.2 Å². The highest BCUT2D eigenvalue weighted by Crippen LogP contribution is 2.25. The first kappa shape index (κ1) is 11.7. The highest BCUT2D eigenvalue weighted by molar-refractivity contribution is 9.10. The number of nitrogens with one attached hydrogen (secondary N) is 1. The Labute approximate surface area is 104 Å². The van der Waals surface area contributed by atoms with E-state index in [4.69, 9.17) is 0 Å². The van der Waals surface area contributed by atoms with Crippen molar-refractivity contribution in [1.82, 2.24) is 9.88 Å². The molecule has 0 bridgehead atoms. The lowest BCUT2D eigenvalue weighted by molar-refractivity contribution is 0.0929. The zero-order valence-corrected chi connectivity index (χ0v) is 11.3. The number of aryl methyl sites for hydroxylation is 1. The van der Waals surface area contributed by atoms with Crippen LogP contribution in [-0.4, -0.2) is 16.5 Å². The molecule has 2 atom stereocenters. The molecule has 1 aromatic rings. The second kappa shape index (κ2) is 4.62. The van der Waals surface area contributed by atoms with Crippen LogP contribution < -0.4 is 5.32 Å². The average Bonchev–Trinajstić information content (AvgIpc) is 2.73. The second-order valence-electron chi connectivity index (χ2n) is 4.74. The van der Waals surface area contributed by atoms with Crippen molar-refractivity contribution in [3.63, 3.8) is 0 Å². The van der Waals surface area contributed by atoms with Gasteiger partial charge in [-0.2, -0.15) is 0 Å². The Morgan fingerprint density at radius 2 is 2.31 bits per heavy atom. The smallest absolute Gasteiger partial charge is 0.268 e. The number of aromatic nitrogens is 1. The number of nitrogens with zero attached hydrogens (tertiary/aromatic N) is 1. The van der Waals surface area contributed by atoms with E-state index in [-0.39, 0.29) is 5.91 Å². The van der Waals surface area contributed by atoms with Crippen LogP contribution in [0, 0.1) is 5.92 Å². The third kappa shape index (κ3) is 2.48. The first-order valence-corrected chi connectivity index (χ1v) is 6.48. The van der Waals surface area contributed by atoms with Gasteiger partial charge < -0.3 is 9.88 Å². The molecule has 3 nitrogen and oxygen atoms in total. The Bertz CT molecular complexity index is 400. The van der Waals surface area contributed by atoms with Crippen LogP contribution in [0.3, 0.4) is 0 Å². The van der Waals surface area contributed by atoms with Gasteiger partial charge in [0, 0.05) is 23.8 Å². The molecule has 1 heterocycles. The first-order chi connectivity index (χ1) is 7.56. The van der Waals surface area contributed by atoms with E-state index in [0.29, 0.717) is 11.7 Å². The number of rotatable bonds is 2. The van der Waals surface area contributed by atoms with Crippen molar-refractivity contribution in [3.8, 4) is 0 Å². The van der Waals surface area contributed by atoms with Crippen LogP contribution in [0.2, 0.25) is 0 Å². The maximum absolute atomic E-state index is 12.0. The molecule has 0 aliphatic heterocycles. The van der Waals surface area contributed by atoms with Crippen LogP contribution in [-0.2, 0) is 7.05 Å². The summed E-state index contributed by atoms with van der Waals surface area (Å²) in [5, 5.41) is 3.10. The van der Waals surface area contributed by atoms with Gasteiger partial charge in [-0.1, -0.05) is 6.92 Å². The van der Waals surface area contributed by atoms with E-state index in [1.807, 2.05) is 23.9 Å². The van der Waals surface area contributed by atoms with Crippen LogP contribution in [0.4, 0.5) is 0 Å². The van der Waals surface area contributed by atoms with Crippen molar-refractivity contribution < 1.29 is 4.79 Å². The number of carbonyl (C=O) groups is 1. The number of halogens is 1. The monoisotopic (exact) mass is 284 g/mol. The maximum Gasteiger partial charge on any atom is 0.268 e. The molecule has 2 unspecified atom stereocenters. The van der Waals surface area contributed by atoms with Gasteiger partial charge in [-0.3, -0.25) is 4.79 Å². The van der Waals surface area contributed by atoms with Crippen molar-refractivity contribution >= 4 is 21.8 Å². The molecule has 1 N–H and O–H groups in total. The Kier molecular flexibility index (Phi) is 3.38. The number of carbonyl (C=O) groups excluding carboxylic acids is 1. The summed E-state index contributed by atoms with van der Waals surface area (Å²) < 4.78 is 2.79. The lowest BCUT2D eigenvalue weighted by Gasteiger charge is -2.12. The van der Waals surface area contributed by atoms with E-state index in [1.54, 1.807) is 0 Å². The van der Waals surface area contributed by atoms with Crippen LogP contribution in [0.25, 0.3) is 0 Å². The van der Waals surface area contributed by atoms with E-state index in [2.05, 4.69) is 28.2 Å². The van der Waals surface area contributed by atoms with Gasteiger partial charge in [-0.05, 0) is 47.2 Å². The summed E-state index contributed by atoms with van der Waals surface area (Å²) in [6, 6.07) is 2.21. The molecule has 1 aromatic heterocycles. The fourth-order valence-corrected chi connectivity index (χ4v) is 2.87. The zero-order chi connectivity index (χ0) is 11.7. The highest BCUT2D eigenvalue weighted by Gasteiger charge is 2.23. The predicted octanol–water partition coefficient (Wildman–Crippen LogP) is 2.71. The van der Waals surface area contributed by atoms with Crippen molar-refractivity contribution in [3.05, 3.63) is 22.4 Å². The van der Waals surface area contributed by atoms with Gasteiger partial charge >= 0.3 is 0 Å². The SMILES string of the molecule is CC1CCC(NC(=O)c2cc(Br)cn2C)C1. The fraction of sp³-hybridized carbons (Fsp3) is 0.583. The largest absolute Gasteiger partial charge is 0.348 e. The Hall–Kier alpha value is -0.770. The molecule has 1 aliphatic carbocycles. The topological polar surface area (TPSA) is 34.0 Å². The normalized spacial score (nSPS) is 24.7. The van der Waals surface area contributed by atoms with Gasteiger partial charge in [0.05, 0.1) is 0 Å². The summed E-state index contributed by atoms with van der Waals surface area (Å²) in [6.07, 6.45) is 5.34. The number of amides is 1. The van der Waals surface area contributed by atoms with Gasteiger partial charge in [-0.15, -0.1) is 0 Å². The molecule has 1 saturated carbocycles. The molecule has 4 heteroatoms. The average molecular weight is 285 g/mol. The third-order valence-electron chi connectivity index (χ3n) is 3.23. The molecule has 88 valence electrons. The predicted molar refractivity (Wildman–Crippen MR) is 67.4 cm³/mol. The van der Waals surface area contributed by atoms with Crippen LogP contribution in [0.5, 0.6) is 0 Å². The van der Waals surface area contributed by atoms with Crippen molar-refractivity contribution in [2.24, 2.45) is 13.0 Å². The minimum absolute atomic E-state index is 0.0345. The van der Waals surface area contributed by atoms with Gasteiger partial charge in [0.2, 0.25) is 0 Å². The van der Waals surface area contributed by atoms with E-state index in [1.165, 1.54) is 6.42 Å². The minimum Gasteiger partial charge on any atom is -0.348 e. The standard InChI is InChI=1S/C12H17BrN2O/c1-8-3-4-10(5-8)14-12(16)11-6-9(13)7-15(11)2/h6-8,10H,3-5H2,1-2H3,(H,14,16). The Morgan fingerprint density at radius 1 is 1.56 bits per heavy atom. The summed E-state index contributed by atoms with van der Waals surface area (Å²) >= 11 is 3.37. The molecule has 0 saturated heterocycles. The van der Waals surface area contributed by atoms with Crippen molar-refractivity contribution in [2.75, 3.05) is 0 Å². The second-order valence-corrected chi connectivity index (χ2v) is 5.66. The molecular weight excluding hydrogens is 268 g/mol. The third-order valence-corrected chi connectivity index (χ3v) is 3.67. The van der Waals surface area contributed by atoms with E-state index < -0.39 is 0 Å². The summed E-state index contributed by atoms with van der Waals surface area (Å²) in [7, 11) is 1.89. The van der Waals surface area contributed by atoms with Crippen LogP contribution in [0.1, 0.15) is 36.7 Å². The lowest BCUT2D eigenvalue weighted by atomic mass is 10.1. The molecule has 1 amide bonds.